The van der Waals surface area contributed by atoms with Crippen molar-refractivity contribution in [3.8, 4) is 0 Å². The summed E-state index contributed by atoms with van der Waals surface area (Å²) in [5.74, 6) is -0.935. The van der Waals surface area contributed by atoms with Crippen LogP contribution in [0.25, 0.3) is 0 Å². The molecular formula is C16H15Cl2NO2. The maximum Gasteiger partial charge on any atom is 0.335 e. The van der Waals surface area contributed by atoms with Crippen LogP contribution in [0, 0.1) is 6.92 Å². The molecule has 0 saturated heterocycles. The molecule has 0 unspecified atom stereocenters. The summed E-state index contributed by atoms with van der Waals surface area (Å²) in [5, 5.41) is 13.6. The smallest absolute Gasteiger partial charge is 0.335 e. The minimum Gasteiger partial charge on any atom is -0.478 e. The third-order valence-electron chi connectivity index (χ3n) is 3.27. The lowest BCUT2D eigenvalue weighted by molar-refractivity contribution is 0.0697. The van der Waals surface area contributed by atoms with Gasteiger partial charge in [0.05, 0.1) is 11.6 Å². The molecule has 0 radical (unpaired) electrons. The average Bonchev–Trinajstić information content (AvgIpc) is 2.43. The summed E-state index contributed by atoms with van der Waals surface area (Å²) in [6, 6.07) is 10.2. The fourth-order valence-corrected chi connectivity index (χ4v) is 2.58. The Labute approximate surface area is 133 Å². The minimum atomic E-state index is -0.935. The fraction of sp³-hybridized carbons (Fsp3) is 0.188. The van der Waals surface area contributed by atoms with Crippen molar-refractivity contribution >= 4 is 34.9 Å². The molecule has 21 heavy (non-hydrogen) atoms. The van der Waals surface area contributed by atoms with Crippen LogP contribution in [-0.4, -0.2) is 11.1 Å². The van der Waals surface area contributed by atoms with Crippen LogP contribution in [0.4, 0.5) is 5.69 Å². The van der Waals surface area contributed by atoms with E-state index in [0.29, 0.717) is 10.0 Å². The summed E-state index contributed by atoms with van der Waals surface area (Å²) in [4.78, 5) is 10.9. The minimum absolute atomic E-state index is 0.0504. The second kappa shape index (κ2) is 6.37. The van der Waals surface area contributed by atoms with E-state index in [-0.39, 0.29) is 11.6 Å². The Morgan fingerprint density at radius 3 is 2.52 bits per heavy atom. The first-order chi connectivity index (χ1) is 9.88. The molecular weight excluding hydrogens is 309 g/mol. The van der Waals surface area contributed by atoms with Gasteiger partial charge in [0.15, 0.2) is 0 Å². The van der Waals surface area contributed by atoms with Gasteiger partial charge in [0, 0.05) is 15.7 Å². The molecule has 0 fully saturated rings. The SMILES string of the molecule is Cc1cc(C(=O)O)ccc1N[C@@H](C)c1cc(Cl)ccc1Cl. The standard InChI is InChI=1S/C16H15Cl2NO2/c1-9-7-11(16(20)21)3-6-15(9)19-10(2)13-8-12(17)4-5-14(13)18/h3-8,10,19H,1-2H3,(H,20,21)/t10-/m0/s1. The van der Waals surface area contributed by atoms with Crippen molar-refractivity contribution < 1.29 is 9.90 Å². The van der Waals surface area contributed by atoms with Crippen molar-refractivity contribution in [1.82, 2.24) is 0 Å². The van der Waals surface area contributed by atoms with Gasteiger partial charge in [-0.1, -0.05) is 23.2 Å². The zero-order valence-electron chi connectivity index (χ0n) is 11.7. The van der Waals surface area contributed by atoms with Gasteiger partial charge in [-0.2, -0.15) is 0 Å². The first kappa shape index (κ1) is 15.7. The second-order valence-electron chi connectivity index (χ2n) is 4.87. The van der Waals surface area contributed by atoms with E-state index in [0.717, 1.165) is 16.8 Å². The molecule has 0 heterocycles. The van der Waals surface area contributed by atoms with Gasteiger partial charge in [-0.25, -0.2) is 4.79 Å². The van der Waals surface area contributed by atoms with Crippen molar-refractivity contribution in [2.45, 2.75) is 19.9 Å². The van der Waals surface area contributed by atoms with Gasteiger partial charge in [-0.05, 0) is 61.4 Å². The van der Waals surface area contributed by atoms with Gasteiger partial charge in [-0.3, -0.25) is 0 Å². The predicted octanol–water partition coefficient (Wildman–Crippen LogP) is 5.17. The zero-order valence-corrected chi connectivity index (χ0v) is 13.2. The molecule has 0 aliphatic carbocycles. The predicted molar refractivity (Wildman–Crippen MR) is 86.6 cm³/mol. The summed E-state index contributed by atoms with van der Waals surface area (Å²) in [5.41, 5.74) is 2.89. The van der Waals surface area contributed by atoms with Gasteiger partial charge in [0.2, 0.25) is 0 Å². The molecule has 0 spiro atoms. The average molecular weight is 324 g/mol. The Kier molecular flexibility index (Phi) is 4.76. The summed E-state index contributed by atoms with van der Waals surface area (Å²) in [6.45, 7) is 3.84. The summed E-state index contributed by atoms with van der Waals surface area (Å²) < 4.78 is 0. The molecule has 2 rings (SSSR count). The van der Waals surface area contributed by atoms with Crippen LogP contribution < -0.4 is 5.32 Å². The number of carboxylic acids is 1. The molecule has 3 nitrogen and oxygen atoms in total. The van der Waals surface area contributed by atoms with Crippen LogP contribution in [0.5, 0.6) is 0 Å². The van der Waals surface area contributed by atoms with E-state index in [9.17, 15) is 4.79 Å². The van der Waals surface area contributed by atoms with E-state index in [1.165, 1.54) is 0 Å². The van der Waals surface area contributed by atoms with E-state index in [4.69, 9.17) is 28.3 Å². The van der Waals surface area contributed by atoms with Crippen LogP contribution >= 0.6 is 23.2 Å². The molecule has 0 aliphatic rings. The van der Waals surface area contributed by atoms with Crippen LogP contribution in [0.3, 0.4) is 0 Å². The lowest BCUT2D eigenvalue weighted by Gasteiger charge is -2.19. The van der Waals surface area contributed by atoms with Gasteiger partial charge in [0.1, 0.15) is 0 Å². The third-order valence-corrected chi connectivity index (χ3v) is 3.85. The second-order valence-corrected chi connectivity index (χ2v) is 5.71. The molecule has 0 saturated carbocycles. The van der Waals surface area contributed by atoms with Crippen molar-refractivity contribution in [3.05, 3.63) is 63.1 Å². The van der Waals surface area contributed by atoms with Crippen molar-refractivity contribution in [3.63, 3.8) is 0 Å². The van der Waals surface area contributed by atoms with Gasteiger partial charge < -0.3 is 10.4 Å². The largest absolute Gasteiger partial charge is 0.478 e. The number of aromatic carboxylic acids is 1. The molecule has 0 bridgehead atoms. The molecule has 1 atom stereocenters. The van der Waals surface area contributed by atoms with E-state index in [1.54, 1.807) is 30.3 Å². The first-order valence-corrected chi connectivity index (χ1v) is 7.19. The summed E-state index contributed by atoms with van der Waals surface area (Å²) in [6.07, 6.45) is 0. The highest BCUT2D eigenvalue weighted by molar-refractivity contribution is 6.33. The molecule has 2 aromatic rings. The van der Waals surface area contributed by atoms with Gasteiger partial charge in [0.25, 0.3) is 0 Å². The topological polar surface area (TPSA) is 49.3 Å². The highest BCUT2D eigenvalue weighted by Crippen LogP contribution is 2.29. The number of rotatable bonds is 4. The van der Waals surface area contributed by atoms with E-state index >= 15 is 0 Å². The van der Waals surface area contributed by atoms with E-state index < -0.39 is 5.97 Å². The highest BCUT2D eigenvalue weighted by Gasteiger charge is 2.12. The first-order valence-electron chi connectivity index (χ1n) is 6.44. The number of hydrogen-bond acceptors (Lipinski definition) is 2. The van der Waals surface area contributed by atoms with Crippen molar-refractivity contribution in [2.75, 3.05) is 5.32 Å². The van der Waals surface area contributed by atoms with Crippen LogP contribution in [0.1, 0.15) is 34.5 Å². The molecule has 0 aromatic heterocycles. The molecule has 2 N–H and O–H groups in total. The Balaban J connectivity index is 2.25. The number of hydrogen-bond donors (Lipinski definition) is 2. The summed E-state index contributed by atoms with van der Waals surface area (Å²) >= 11 is 12.2. The Bertz CT molecular complexity index is 686. The van der Waals surface area contributed by atoms with Crippen molar-refractivity contribution in [2.24, 2.45) is 0 Å². The molecule has 110 valence electrons. The maximum atomic E-state index is 10.9. The normalized spacial score (nSPS) is 12.0. The van der Waals surface area contributed by atoms with Crippen molar-refractivity contribution in [1.29, 1.82) is 0 Å². The summed E-state index contributed by atoms with van der Waals surface area (Å²) in [7, 11) is 0. The number of halogens is 2. The number of anilines is 1. The lowest BCUT2D eigenvalue weighted by atomic mass is 10.1. The number of benzene rings is 2. The third kappa shape index (κ3) is 3.69. The van der Waals surface area contributed by atoms with Crippen LogP contribution in [0.2, 0.25) is 10.0 Å². The highest BCUT2D eigenvalue weighted by atomic mass is 35.5. The number of aryl methyl sites for hydroxylation is 1. The van der Waals surface area contributed by atoms with Gasteiger partial charge >= 0.3 is 5.97 Å². The Hall–Kier alpha value is -1.71. The van der Waals surface area contributed by atoms with E-state index in [2.05, 4.69) is 5.32 Å². The quantitative estimate of drug-likeness (QED) is 0.815. The van der Waals surface area contributed by atoms with Gasteiger partial charge in [-0.15, -0.1) is 0 Å². The number of carboxylic acid groups (broad SMARTS) is 1. The molecule has 0 amide bonds. The zero-order chi connectivity index (χ0) is 15.6. The lowest BCUT2D eigenvalue weighted by Crippen LogP contribution is -2.09. The Morgan fingerprint density at radius 2 is 1.90 bits per heavy atom. The van der Waals surface area contributed by atoms with Crippen LogP contribution in [-0.2, 0) is 0 Å². The Morgan fingerprint density at radius 1 is 1.19 bits per heavy atom. The monoisotopic (exact) mass is 323 g/mol. The fourth-order valence-electron chi connectivity index (χ4n) is 2.12. The number of nitrogens with one attached hydrogen (secondary N) is 1. The molecule has 2 aromatic carbocycles. The van der Waals surface area contributed by atoms with E-state index in [1.807, 2.05) is 19.9 Å². The maximum absolute atomic E-state index is 10.9. The molecule has 0 aliphatic heterocycles. The molecule has 5 heteroatoms. The van der Waals surface area contributed by atoms with Crippen LogP contribution in [0.15, 0.2) is 36.4 Å². The number of carbonyl (C=O) groups is 1.